The van der Waals surface area contributed by atoms with Gasteiger partial charge in [-0.1, -0.05) is 55.8 Å². The summed E-state index contributed by atoms with van der Waals surface area (Å²) in [6.07, 6.45) is 0.582. The average molecular weight is 438 g/mol. The molecule has 7 heteroatoms. The number of likely N-dealkylation sites (tertiary alicyclic amines) is 1. The second-order valence-electron chi connectivity index (χ2n) is 8.93. The fraction of sp³-hybridized carbons (Fsp3) is 0.375. The zero-order chi connectivity index (χ0) is 21.9. The molecule has 0 aromatic heterocycles. The topological polar surface area (TPSA) is 78.5 Å². The number of amides is 3. The number of halogens is 1. The number of nitrogens with one attached hydrogen (secondary N) is 2. The molecule has 3 amide bonds. The van der Waals surface area contributed by atoms with Gasteiger partial charge in [-0.15, -0.1) is 0 Å². The zero-order valence-corrected chi connectivity index (χ0v) is 18.1. The SMILES string of the molecule is CC(C)C1NC2(C(=O)Nc3ccc(Cl)cc32)[C@H]2C(=O)N(CCc3ccccc3)C(=O)[C@@H]12. The second kappa shape index (κ2) is 7.18. The Balaban J connectivity index is 1.55. The highest BCUT2D eigenvalue weighted by molar-refractivity contribution is 6.31. The molecule has 0 radical (unpaired) electrons. The minimum atomic E-state index is -1.28. The van der Waals surface area contributed by atoms with Crippen molar-refractivity contribution in [1.29, 1.82) is 0 Å². The van der Waals surface area contributed by atoms with Crippen LogP contribution in [0.25, 0.3) is 0 Å². The van der Waals surface area contributed by atoms with Crippen LogP contribution in [0.2, 0.25) is 5.02 Å². The number of benzene rings is 2. The van der Waals surface area contributed by atoms with E-state index in [1.54, 1.807) is 18.2 Å². The highest BCUT2D eigenvalue weighted by Crippen LogP contribution is 2.54. The summed E-state index contributed by atoms with van der Waals surface area (Å²) < 4.78 is 0. The van der Waals surface area contributed by atoms with Crippen molar-refractivity contribution in [2.75, 3.05) is 11.9 Å². The highest BCUT2D eigenvalue weighted by atomic mass is 35.5. The van der Waals surface area contributed by atoms with Crippen LogP contribution in [0.3, 0.4) is 0 Å². The molecule has 0 saturated carbocycles. The summed E-state index contributed by atoms with van der Waals surface area (Å²) in [5.41, 5.74) is 1.06. The number of nitrogens with zero attached hydrogens (tertiary/aromatic N) is 1. The van der Waals surface area contributed by atoms with Crippen molar-refractivity contribution in [3.05, 3.63) is 64.7 Å². The van der Waals surface area contributed by atoms with Crippen LogP contribution in [0.5, 0.6) is 0 Å². The molecule has 3 heterocycles. The molecule has 160 valence electrons. The number of anilines is 1. The minimum absolute atomic E-state index is 0.0636. The van der Waals surface area contributed by atoms with Crippen molar-refractivity contribution < 1.29 is 14.4 Å². The molecule has 2 unspecified atom stereocenters. The van der Waals surface area contributed by atoms with Crippen molar-refractivity contribution in [3.63, 3.8) is 0 Å². The fourth-order valence-corrected chi connectivity index (χ4v) is 5.62. The Morgan fingerprint density at radius 3 is 2.52 bits per heavy atom. The Hall–Kier alpha value is -2.70. The summed E-state index contributed by atoms with van der Waals surface area (Å²) in [5.74, 6) is -2.09. The molecule has 6 nitrogen and oxygen atoms in total. The summed E-state index contributed by atoms with van der Waals surface area (Å²) in [5, 5.41) is 6.80. The van der Waals surface area contributed by atoms with E-state index in [1.807, 2.05) is 44.2 Å². The molecule has 2 saturated heterocycles. The third-order valence-electron chi connectivity index (χ3n) is 6.89. The number of rotatable bonds is 4. The van der Waals surface area contributed by atoms with Gasteiger partial charge in [-0.3, -0.25) is 24.6 Å². The Bertz CT molecular complexity index is 1090. The van der Waals surface area contributed by atoms with Gasteiger partial charge in [0.2, 0.25) is 17.7 Å². The van der Waals surface area contributed by atoms with Crippen molar-refractivity contribution in [1.82, 2.24) is 10.2 Å². The summed E-state index contributed by atoms with van der Waals surface area (Å²) in [4.78, 5) is 41.8. The summed E-state index contributed by atoms with van der Waals surface area (Å²) in [7, 11) is 0. The van der Waals surface area contributed by atoms with Crippen LogP contribution in [0.4, 0.5) is 5.69 Å². The first kappa shape index (κ1) is 20.2. The maximum Gasteiger partial charge on any atom is 0.250 e. The molecule has 0 aliphatic carbocycles. The Morgan fingerprint density at radius 1 is 1.06 bits per heavy atom. The molecule has 4 atom stereocenters. The lowest BCUT2D eigenvalue weighted by Crippen LogP contribution is -2.54. The Kier molecular flexibility index (Phi) is 4.68. The van der Waals surface area contributed by atoms with E-state index < -0.39 is 17.4 Å². The molecule has 3 aliphatic heterocycles. The first-order valence-electron chi connectivity index (χ1n) is 10.6. The van der Waals surface area contributed by atoms with Crippen LogP contribution in [0, 0.1) is 17.8 Å². The number of fused-ring (bicyclic) bond motifs is 4. The van der Waals surface area contributed by atoms with E-state index in [0.717, 1.165) is 5.56 Å². The van der Waals surface area contributed by atoms with E-state index in [-0.39, 0.29) is 29.7 Å². The van der Waals surface area contributed by atoms with E-state index >= 15 is 0 Å². The van der Waals surface area contributed by atoms with Crippen LogP contribution in [-0.2, 0) is 26.3 Å². The molecule has 2 fully saturated rings. The maximum atomic E-state index is 13.6. The zero-order valence-electron chi connectivity index (χ0n) is 17.4. The molecular weight excluding hydrogens is 414 g/mol. The monoisotopic (exact) mass is 437 g/mol. The lowest BCUT2D eigenvalue weighted by Gasteiger charge is -2.30. The molecular formula is C24H24ClN3O3. The molecule has 31 heavy (non-hydrogen) atoms. The number of hydrogen-bond acceptors (Lipinski definition) is 4. The predicted molar refractivity (Wildman–Crippen MR) is 117 cm³/mol. The van der Waals surface area contributed by atoms with Gasteiger partial charge in [0.25, 0.3) is 0 Å². The first-order valence-corrected chi connectivity index (χ1v) is 11.0. The van der Waals surface area contributed by atoms with E-state index in [1.165, 1.54) is 4.90 Å². The first-order chi connectivity index (χ1) is 14.8. The Labute approximate surface area is 185 Å². The van der Waals surface area contributed by atoms with E-state index in [0.29, 0.717) is 29.2 Å². The predicted octanol–water partition coefficient (Wildman–Crippen LogP) is 2.96. The normalized spacial score (nSPS) is 29.1. The minimum Gasteiger partial charge on any atom is -0.324 e. The van der Waals surface area contributed by atoms with Crippen LogP contribution in [-0.4, -0.2) is 35.2 Å². The quantitative estimate of drug-likeness (QED) is 0.721. The van der Waals surface area contributed by atoms with Gasteiger partial charge in [0.1, 0.15) is 5.54 Å². The molecule has 3 aliphatic rings. The van der Waals surface area contributed by atoms with Crippen LogP contribution in [0.15, 0.2) is 48.5 Å². The molecule has 2 aromatic carbocycles. The average Bonchev–Trinajstić information content (AvgIpc) is 3.33. The van der Waals surface area contributed by atoms with Gasteiger partial charge >= 0.3 is 0 Å². The van der Waals surface area contributed by atoms with E-state index in [2.05, 4.69) is 10.6 Å². The van der Waals surface area contributed by atoms with Gasteiger partial charge in [0, 0.05) is 28.9 Å². The summed E-state index contributed by atoms with van der Waals surface area (Å²) in [6.45, 7) is 4.31. The van der Waals surface area contributed by atoms with Gasteiger partial charge < -0.3 is 5.32 Å². The van der Waals surface area contributed by atoms with Gasteiger partial charge in [0.15, 0.2) is 0 Å². The van der Waals surface area contributed by atoms with E-state index in [9.17, 15) is 14.4 Å². The van der Waals surface area contributed by atoms with Gasteiger partial charge in [0.05, 0.1) is 11.8 Å². The molecule has 2 N–H and O–H groups in total. The van der Waals surface area contributed by atoms with Crippen LogP contribution >= 0.6 is 11.6 Å². The number of imide groups is 1. The van der Waals surface area contributed by atoms with Crippen molar-refractivity contribution >= 4 is 35.0 Å². The van der Waals surface area contributed by atoms with Gasteiger partial charge in [-0.05, 0) is 36.1 Å². The van der Waals surface area contributed by atoms with Crippen molar-refractivity contribution in [3.8, 4) is 0 Å². The van der Waals surface area contributed by atoms with Crippen LogP contribution < -0.4 is 10.6 Å². The van der Waals surface area contributed by atoms with Gasteiger partial charge in [-0.2, -0.15) is 0 Å². The summed E-state index contributed by atoms with van der Waals surface area (Å²) >= 11 is 6.26. The lowest BCUT2D eigenvalue weighted by molar-refractivity contribution is -0.142. The summed E-state index contributed by atoms with van der Waals surface area (Å²) in [6, 6.07) is 14.7. The molecule has 0 bridgehead atoms. The fourth-order valence-electron chi connectivity index (χ4n) is 5.44. The molecule has 2 aromatic rings. The van der Waals surface area contributed by atoms with Gasteiger partial charge in [-0.25, -0.2) is 0 Å². The highest BCUT2D eigenvalue weighted by Gasteiger charge is 2.70. The number of hydrogen-bond donors (Lipinski definition) is 2. The van der Waals surface area contributed by atoms with Crippen molar-refractivity contribution in [2.45, 2.75) is 31.8 Å². The standard InChI is InChI=1S/C24H24ClN3O3/c1-13(2)20-18-19(22(30)28(21(18)29)11-10-14-6-4-3-5-7-14)24(27-20)16-12-15(25)8-9-17(16)26-23(24)31/h3-9,12-13,18-20,27H,10-11H2,1-2H3,(H,26,31)/t18-,19-,20?,24?/m1/s1. The Morgan fingerprint density at radius 2 is 1.81 bits per heavy atom. The second-order valence-corrected chi connectivity index (χ2v) is 9.37. The van der Waals surface area contributed by atoms with E-state index in [4.69, 9.17) is 11.6 Å². The smallest absolute Gasteiger partial charge is 0.250 e. The molecule has 5 rings (SSSR count). The maximum absolute atomic E-state index is 13.6. The third-order valence-corrected chi connectivity index (χ3v) is 7.12. The van der Waals surface area contributed by atoms with Crippen LogP contribution in [0.1, 0.15) is 25.0 Å². The largest absolute Gasteiger partial charge is 0.324 e. The lowest BCUT2D eigenvalue weighted by atomic mass is 9.76. The third kappa shape index (κ3) is 2.85. The molecule has 1 spiro atoms. The van der Waals surface area contributed by atoms with Crippen molar-refractivity contribution in [2.24, 2.45) is 17.8 Å². The number of carbonyl (C=O) groups is 3. The number of carbonyl (C=O) groups excluding carboxylic acids is 3.